The lowest BCUT2D eigenvalue weighted by Gasteiger charge is -2.42. The molecule has 1 amide bonds. The smallest absolute Gasteiger partial charge is 0.221 e. The third-order valence-electron chi connectivity index (χ3n) is 6.60. The fourth-order valence-corrected chi connectivity index (χ4v) is 4.03. The standard InChI is InChI=1S/C23H42N4O11/c1-3-4-5-16(31)27-7-14-18(32)19(33)17(26)22(36-14)38-21-15(8-28)37-23(20(21)34)35-9-13(30)12(25)6-11(24)10(2)29/h1,10-15,17-23,28-30,32-34H,4-9,24-26H2,2H3,(H,27,31)/t10-,11?,12?,13-,14?,15?,17?,18?,19?,20?,21?,22?,23?/m0/s1. The van der Waals surface area contributed by atoms with Crippen LogP contribution in [0.2, 0.25) is 0 Å². The van der Waals surface area contributed by atoms with E-state index in [1.165, 1.54) is 6.92 Å². The maximum Gasteiger partial charge on any atom is 0.221 e. The summed E-state index contributed by atoms with van der Waals surface area (Å²) in [5, 5.41) is 63.5. The monoisotopic (exact) mass is 550 g/mol. The highest BCUT2D eigenvalue weighted by Crippen LogP contribution is 2.29. The first-order chi connectivity index (χ1) is 17.9. The topological polar surface area (TPSA) is 265 Å². The first-order valence-electron chi connectivity index (χ1n) is 12.5. The molecule has 2 aliphatic rings. The Balaban J connectivity index is 1.97. The second-order valence-electron chi connectivity index (χ2n) is 9.63. The molecule has 0 aromatic heterocycles. The summed E-state index contributed by atoms with van der Waals surface area (Å²) >= 11 is 0. The number of terminal acetylenes is 1. The molecule has 0 aromatic rings. The number of hydrogen-bond acceptors (Lipinski definition) is 14. The summed E-state index contributed by atoms with van der Waals surface area (Å²) in [7, 11) is 0. The van der Waals surface area contributed by atoms with Crippen molar-refractivity contribution in [1.82, 2.24) is 5.32 Å². The van der Waals surface area contributed by atoms with Crippen LogP contribution in [0.25, 0.3) is 0 Å². The largest absolute Gasteiger partial charge is 0.394 e. The van der Waals surface area contributed by atoms with Crippen LogP contribution in [0.3, 0.4) is 0 Å². The summed E-state index contributed by atoms with van der Waals surface area (Å²) in [5.41, 5.74) is 17.6. The molecule has 13 atom stereocenters. The zero-order valence-corrected chi connectivity index (χ0v) is 21.3. The van der Waals surface area contributed by atoms with Crippen LogP contribution >= 0.6 is 0 Å². The summed E-state index contributed by atoms with van der Waals surface area (Å²) in [6.07, 6.45) is -7.02. The van der Waals surface area contributed by atoms with Gasteiger partial charge in [0.15, 0.2) is 12.6 Å². The molecule has 2 rings (SSSR count). The third kappa shape index (κ3) is 8.76. The van der Waals surface area contributed by atoms with E-state index >= 15 is 0 Å². The normalized spacial score (nSPS) is 36.7. The van der Waals surface area contributed by atoms with Crippen molar-refractivity contribution < 1.29 is 54.4 Å². The van der Waals surface area contributed by atoms with Crippen molar-refractivity contribution in [2.45, 2.75) is 106 Å². The molecule has 0 saturated carbocycles. The maximum absolute atomic E-state index is 11.9. The maximum atomic E-state index is 11.9. The summed E-state index contributed by atoms with van der Waals surface area (Å²) in [5.74, 6) is 1.96. The molecule has 13 N–H and O–H groups in total. The van der Waals surface area contributed by atoms with Gasteiger partial charge >= 0.3 is 0 Å². The number of aliphatic hydroxyl groups is 6. The molecule has 15 nitrogen and oxygen atoms in total. The number of nitrogens with two attached hydrogens (primary N) is 3. The predicted octanol–water partition coefficient (Wildman–Crippen LogP) is -5.44. The number of nitrogens with one attached hydrogen (secondary N) is 1. The molecule has 2 saturated heterocycles. The number of carbonyl (C=O) groups excluding carboxylic acids is 1. The van der Waals surface area contributed by atoms with Gasteiger partial charge in [0.25, 0.3) is 0 Å². The second-order valence-corrected chi connectivity index (χ2v) is 9.63. The van der Waals surface area contributed by atoms with E-state index in [-0.39, 0.29) is 38.3 Å². The van der Waals surface area contributed by atoms with E-state index in [4.69, 9.17) is 42.6 Å². The summed E-state index contributed by atoms with van der Waals surface area (Å²) in [6, 6.07) is -2.73. The molecule has 15 heteroatoms. The predicted molar refractivity (Wildman–Crippen MR) is 131 cm³/mol. The van der Waals surface area contributed by atoms with E-state index < -0.39 is 86.1 Å². The molecule has 2 fully saturated rings. The van der Waals surface area contributed by atoms with E-state index in [0.717, 1.165) is 0 Å². The van der Waals surface area contributed by atoms with Gasteiger partial charge in [-0.2, -0.15) is 0 Å². The highest BCUT2D eigenvalue weighted by molar-refractivity contribution is 5.76. The Labute approximate surface area is 221 Å². The fourth-order valence-electron chi connectivity index (χ4n) is 4.03. The highest BCUT2D eigenvalue weighted by Gasteiger charge is 2.50. The van der Waals surface area contributed by atoms with Crippen LogP contribution in [0.4, 0.5) is 0 Å². The van der Waals surface area contributed by atoms with Gasteiger partial charge in [-0.25, -0.2) is 0 Å². The Morgan fingerprint density at radius 1 is 1.08 bits per heavy atom. The molecular formula is C23H42N4O11. The van der Waals surface area contributed by atoms with Crippen LogP contribution in [0, 0.1) is 12.3 Å². The minimum absolute atomic E-state index is 0.0689. The van der Waals surface area contributed by atoms with Crippen LogP contribution in [-0.4, -0.2) is 136 Å². The molecule has 11 unspecified atom stereocenters. The lowest BCUT2D eigenvalue weighted by molar-refractivity contribution is -0.281. The van der Waals surface area contributed by atoms with Crippen molar-refractivity contribution in [3.8, 4) is 12.3 Å². The minimum atomic E-state index is -1.50. The fraction of sp³-hybridized carbons (Fsp3) is 0.870. The Bertz CT molecular complexity index is 772. The Kier molecular flexibility index (Phi) is 13.2. The molecule has 0 radical (unpaired) electrons. The van der Waals surface area contributed by atoms with Gasteiger partial charge in [0, 0.05) is 31.5 Å². The van der Waals surface area contributed by atoms with Crippen molar-refractivity contribution in [3.05, 3.63) is 0 Å². The average molecular weight is 551 g/mol. The summed E-state index contributed by atoms with van der Waals surface area (Å²) in [4.78, 5) is 11.9. The lowest BCUT2D eigenvalue weighted by atomic mass is 9.97. The molecule has 2 heterocycles. The van der Waals surface area contributed by atoms with Gasteiger partial charge in [0.2, 0.25) is 5.91 Å². The number of ether oxygens (including phenoxy) is 4. The quantitative estimate of drug-likeness (QED) is 0.0905. The minimum Gasteiger partial charge on any atom is -0.394 e. The highest BCUT2D eigenvalue weighted by atomic mass is 16.7. The van der Waals surface area contributed by atoms with Gasteiger partial charge < -0.3 is 72.1 Å². The van der Waals surface area contributed by atoms with Crippen molar-refractivity contribution in [1.29, 1.82) is 0 Å². The van der Waals surface area contributed by atoms with Crippen LogP contribution in [0.5, 0.6) is 0 Å². The van der Waals surface area contributed by atoms with Crippen molar-refractivity contribution in [2.24, 2.45) is 17.2 Å². The number of amides is 1. The zero-order valence-electron chi connectivity index (χ0n) is 21.3. The SMILES string of the molecule is C#CCCC(=O)NCC1OC(OC2C(CO)OC(OC[C@H](O)C(N)CC(N)[C@H](C)O)C2O)C(N)C(O)C1O. The van der Waals surface area contributed by atoms with Gasteiger partial charge in [-0.05, 0) is 13.3 Å². The van der Waals surface area contributed by atoms with Gasteiger partial charge in [-0.1, -0.05) is 0 Å². The first kappa shape index (κ1) is 32.7. The van der Waals surface area contributed by atoms with Gasteiger partial charge in [-0.3, -0.25) is 4.79 Å². The number of rotatable bonds is 14. The van der Waals surface area contributed by atoms with E-state index in [9.17, 15) is 35.4 Å². The van der Waals surface area contributed by atoms with E-state index in [2.05, 4.69) is 11.2 Å². The number of aliphatic hydroxyl groups excluding tert-OH is 6. The summed E-state index contributed by atoms with van der Waals surface area (Å²) in [6.45, 7) is 0.379. The second kappa shape index (κ2) is 15.3. The molecule has 220 valence electrons. The Hall–Kier alpha value is -1.49. The van der Waals surface area contributed by atoms with E-state index in [0.29, 0.717) is 0 Å². The number of hydrogen-bond donors (Lipinski definition) is 10. The van der Waals surface area contributed by atoms with Crippen LogP contribution in [0.1, 0.15) is 26.2 Å². The Morgan fingerprint density at radius 2 is 1.74 bits per heavy atom. The van der Waals surface area contributed by atoms with Crippen molar-refractivity contribution in [3.63, 3.8) is 0 Å². The van der Waals surface area contributed by atoms with Crippen molar-refractivity contribution in [2.75, 3.05) is 19.8 Å². The molecule has 0 aliphatic carbocycles. The van der Waals surface area contributed by atoms with Gasteiger partial charge in [-0.15, -0.1) is 12.3 Å². The van der Waals surface area contributed by atoms with Gasteiger partial charge in [0.05, 0.1) is 31.5 Å². The van der Waals surface area contributed by atoms with Gasteiger partial charge in [0.1, 0.15) is 36.6 Å². The lowest BCUT2D eigenvalue weighted by Crippen LogP contribution is -2.64. The number of carbonyl (C=O) groups is 1. The molecular weight excluding hydrogens is 508 g/mol. The zero-order chi connectivity index (χ0) is 28.6. The van der Waals surface area contributed by atoms with E-state index in [1.54, 1.807) is 0 Å². The van der Waals surface area contributed by atoms with Crippen molar-refractivity contribution >= 4 is 5.91 Å². The molecule has 0 bridgehead atoms. The molecule has 0 aromatic carbocycles. The van der Waals surface area contributed by atoms with E-state index in [1.807, 2.05) is 0 Å². The molecule has 38 heavy (non-hydrogen) atoms. The first-order valence-corrected chi connectivity index (χ1v) is 12.5. The molecule has 0 spiro atoms. The van der Waals surface area contributed by atoms with Crippen LogP contribution in [-0.2, 0) is 23.7 Å². The Morgan fingerprint density at radius 3 is 2.34 bits per heavy atom. The summed E-state index contributed by atoms with van der Waals surface area (Å²) < 4.78 is 22.4. The van der Waals surface area contributed by atoms with Crippen LogP contribution < -0.4 is 22.5 Å². The molecule has 2 aliphatic heterocycles. The average Bonchev–Trinajstić information content (AvgIpc) is 3.19. The van der Waals surface area contributed by atoms with Crippen LogP contribution in [0.15, 0.2) is 0 Å². The third-order valence-corrected chi connectivity index (χ3v) is 6.60.